The number of carbonyl (C=O) groups excluding carboxylic acids is 2. The molecular formula is C20H17ClN2O2S. The van der Waals surface area contributed by atoms with Gasteiger partial charge in [-0.15, -0.1) is 11.3 Å². The van der Waals surface area contributed by atoms with Crippen LogP contribution in [0.3, 0.4) is 0 Å². The molecule has 0 radical (unpaired) electrons. The van der Waals surface area contributed by atoms with Crippen molar-refractivity contribution in [3.05, 3.63) is 87.1 Å². The van der Waals surface area contributed by atoms with Crippen LogP contribution >= 0.6 is 22.9 Å². The SMILES string of the molecule is CC(NC(=O)c1ccc(Cl)c(NC(=O)c2cccs2)c1)c1ccccc1. The van der Waals surface area contributed by atoms with Crippen molar-refractivity contribution in [1.82, 2.24) is 5.32 Å². The Morgan fingerprint density at radius 1 is 1.00 bits per heavy atom. The second kappa shape index (κ2) is 8.17. The number of hydrogen-bond donors (Lipinski definition) is 2. The van der Waals surface area contributed by atoms with Crippen molar-refractivity contribution in [3.8, 4) is 0 Å². The number of anilines is 1. The molecule has 132 valence electrons. The first-order valence-electron chi connectivity index (χ1n) is 8.05. The predicted octanol–water partition coefficient (Wildman–Crippen LogP) is 5.14. The fraction of sp³-hybridized carbons (Fsp3) is 0.100. The summed E-state index contributed by atoms with van der Waals surface area (Å²) in [5.74, 6) is -0.484. The van der Waals surface area contributed by atoms with Crippen molar-refractivity contribution in [3.63, 3.8) is 0 Å². The van der Waals surface area contributed by atoms with Gasteiger partial charge in [-0.3, -0.25) is 9.59 Å². The minimum atomic E-state index is -0.253. The van der Waals surface area contributed by atoms with Gasteiger partial charge in [-0.2, -0.15) is 0 Å². The molecule has 26 heavy (non-hydrogen) atoms. The molecule has 1 unspecified atom stereocenters. The predicted molar refractivity (Wildman–Crippen MR) is 106 cm³/mol. The maximum atomic E-state index is 12.5. The van der Waals surface area contributed by atoms with Gasteiger partial charge in [0.05, 0.1) is 21.6 Å². The van der Waals surface area contributed by atoms with Crippen LogP contribution < -0.4 is 10.6 Å². The number of nitrogens with one attached hydrogen (secondary N) is 2. The second-order valence-electron chi connectivity index (χ2n) is 5.73. The average Bonchev–Trinajstić information content (AvgIpc) is 3.19. The number of rotatable bonds is 5. The summed E-state index contributed by atoms with van der Waals surface area (Å²) in [5, 5.41) is 7.90. The molecule has 1 atom stereocenters. The Balaban J connectivity index is 1.74. The van der Waals surface area contributed by atoms with Crippen LogP contribution in [0, 0.1) is 0 Å². The molecule has 0 aliphatic rings. The van der Waals surface area contributed by atoms with E-state index in [0.717, 1.165) is 5.56 Å². The van der Waals surface area contributed by atoms with Gasteiger partial charge in [-0.05, 0) is 42.1 Å². The molecule has 0 bridgehead atoms. The van der Waals surface area contributed by atoms with Crippen LogP contribution in [0.1, 0.15) is 38.6 Å². The molecule has 2 amide bonds. The van der Waals surface area contributed by atoms with Crippen LogP contribution in [0.25, 0.3) is 0 Å². The molecule has 0 aliphatic carbocycles. The smallest absolute Gasteiger partial charge is 0.265 e. The lowest BCUT2D eigenvalue weighted by molar-refractivity contribution is 0.0938. The largest absolute Gasteiger partial charge is 0.346 e. The summed E-state index contributed by atoms with van der Waals surface area (Å²) in [6.45, 7) is 1.92. The Hall–Kier alpha value is -2.63. The van der Waals surface area contributed by atoms with Crippen molar-refractivity contribution in [1.29, 1.82) is 0 Å². The fourth-order valence-corrected chi connectivity index (χ4v) is 3.24. The zero-order valence-electron chi connectivity index (χ0n) is 14.0. The zero-order chi connectivity index (χ0) is 18.5. The Labute approximate surface area is 160 Å². The van der Waals surface area contributed by atoms with E-state index in [4.69, 9.17) is 11.6 Å². The van der Waals surface area contributed by atoms with Crippen LogP contribution in [0.2, 0.25) is 5.02 Å². The lowest BCUT2D eigenvalue weighted by Gasteiger charge is -2.15. The van der Waals surface area contributed by atoms with Gasteiger partial charge in [0, 0.05) is 5.56 Å². The molecule has 6 heteroatoms. The minimum Gasteiger partial charge on any atom is -0.346 e. The molecule has 2 aromatic carbocycles. The number of halogens is 1. The highest BCUT2D eigenvalue weighted by atomic mass is 35.5. The van der Waals surface area contributed by atoms with Crippen LogP contribution in [0.5, 0.6) is 0 Å². The van der Waals surface area contributed by atoms with Gasteiger partial charge in [-0.1, -0.05) is 48.0 Å². The van der Waals surface area contributed by atoms with Gasteiger partial charge in [0.1, 0.15) is 0 Å². The fourth-order valence-electron chi connectivity index (χ4n) is 2.46. The molecule has 0 saturated heterocycles. The molecule has 0 saturated carbocycles. The van der Waals surface area contributed by atoms with Crippen molar-refractivity contribution < 1.29 is 9.59 Å². The summed E-state index contributed by atoms with van der Waals surface area (Å²) in [4.78, 5) is 25.3. The van der Waals surface area contributed by atoms with Gasteiger partial charge >= 0.3 is 0 Å². The summed E-state index contributed by atoms with van der Waals surface area (Å²) in [5.41, 5.74) is 1.85. The first-order valence-corrected chi connectivity index (χ1v) is 9.30. The third-order valence-corrected chi connectivity index (χ3v) is 5.07. The van der Waals surface area contributed by atoms with Gasteiger partial charge in [0.15, 0.2) is 0 Å². The van der Waals surface area contributed by atoms with E-state index in [9.17, 15) is 9.59 Å². The standard InChI is InChI=1S/C20H17ClN2O2S/c1-13(14-6-3-2-4-7-14)22-19(24)15-9-10-16(21)17(12-15)23-20(25)18-8-5-11-26-18/h2-13H,1H3,(H,22,24)(H,23,25). The number of thiophene rings is 1. The van der Waals surface area contributed by atoms with E-state index in [1.807, 2.05) is 42.6 Å². The Morgan fingerprint density at radius 3 is 2.46 bits per heavy atom. The zero-order valence-corrected chi connectivity index (χ0v) is 15.6. The van der Waals surface area contributed by atoms with E-state index in [1.54, 1.807) is 30.3 Å². The molecule has 3 aromatic rings. The quantitative estimate of drug-likeness (QED) is 0.639. The van der Waals surface area contributed by atoms with Crippen LogP contribution in [0.15, 0.2) is 66.0 Å². The van der Waals surface area contributed by atoms with Gasteiger partial charge in [0.2, 0.25) is 0 Å². The molecule has 1 heterocycles. The number of benzene rings is 2. The molecule has 0 fully saturated rings. The highest BCUT2D eigenvalue weighted by Crippen LogP contribution is 2.25. The maximum Gasteiger partial charge on any atom is 0.265 e. The second-order valence-corrected chi connectivity index (χ2v) is 7.09. The van der Waals surface area contributed by atoms with Crippen molar-refractivity contribution in [2.75, 3.05) is 5.32 Å². The number of hydrogen-bond acceptors (Lipinski definition) is 3. The Kier molecular flexibility index (Phi) is 5.71. The molecular weight excluding hydrogens is 368 g/mol. The highest BCUT2D eigenvalue weighted by Gasteiger charge is 2.15. The summed E-state index contributed by atoms with van der Waals surface area (Å²) < 4.78 is 0. The van der Waals surface area contributed by atoms with Gasteiger partial charge < -0.3 is 10.6 Å². The van der Waals surface area contributed by atoms with Gasteiger partial charge in [0.25, 0.3) is 11.8 Å². The monoisotopic (exact) mass is 384 g/mol. The van der Waals surface area contributed by atoms with Crippen molar-refractivity contribution >= 4 is 40.4 Å². The normalized spacial score (nSPS) is 11.6. The number of amides is 2. The Morgan fingerprint density at radius 2 is 1.77 bits per heavy atom. The topological polar surface area (TPSA) is 58.2 Å². The highest BCUT2D eigenvalue weighted by molar-refractivity contribution is 7.12. The maximum absolute atomic E-state index is 12.5. The lowest BCUT2D eigenvalue weighted by atomic mass is 10.1. The molecule has 2 N–H and O–H groups in total. The minimum absolute atomic E-state index is 0.136. The van der Waals surface area contributed by atoms with E-state index in [1.165, 1.54) is 11.3 Å². The first kappa shape index (κ1) is 18.2. The Bertz CT molecular complexity index is 911. The van der Waals surface area contributed by atoms with Crippen LogP contribution in [-0.2, 0) is 0 Å². The van der Waals surface area contributed by atoms with Crippen LogP contribution in [-0.4, -0.2) is 11.8 Å². The lowest BCUT2D eigenvalue weighted by Crippen LogP contribution is -2.26. The molecule has 4 nitrogen and oxygen atoms in total. The summed E-state index contributed by atoms with van der Waals surface area (Å²) >= 11 is 7.50. The molecule has 0 aliphatic heterocycles. The third kappa shape index (κ3) is 4.31. The molecule has 0 spiro atoms. The average molecular weight is 385 g/mol. The summed E-state index contributed by atoms with van der Waals surface area (Å²) in [7, 11) is 0. The van der Waals surface area contributed by atoms with Crippen LogP contribution in [0.4, 0.5) is 5.69 Å². The molecule has 3 rings (SSSR count). The van der Waals surface area contributed by atoms with E-state index >= 15 is 0 Å². The summed E-state index contributed by atoms with van der Waals surface area (Å²) in [6.07, 6.45) is 0. The van der Waals surface area contributed by atoms with E-state index in [0.29, 0.717) is 21.2 Å². The van der Waals surface area contributed by atoms with E-state index in [2.05, 4.69) is 10.6 Å². The number of carbonyl (C=O) groups is 2. The van der Waals surface area contributed by atoms with Gasteiger partial charge in [-0.25, -0.2) is 0 Å². The van der Waals surface area contributed by atoms with Crippen molar-refractivity contribution in [2.45, 2.75) is 13.0 Å². The summed E-state index contributed by atoms with van der Waals surface area (Å²) in [6, 6.07) is 17.9. The van der Waals surface area contributed by atoms with E-state index < -0.39 is 0 Å². The third-order valence-electron chi connectivity index (χ3n) is 3.87. The first-order chi connectivity index (χ1) is 12.5. The van der Waals surface area contributed by atoms with E-state index in [-0.39, 0.29) is 17.9 Å². The molecule has 1 aromatic heterocycles. The van der Waals surface area contributed by atoms with Crippen molar-refractivity contribution in [2.24, 2.45) is 0 Å².